The number of thioether (sulfide) groups is 1. The van der Waals surface area contributed by atoms with Crippen LogP contribution in [0.5, 0.6) is 0 Å². The first-order valence-corrected chi connectivity index (χ1v) is 10.6. The lowest BCUT2D eigenvalue weighted by Crippen LogP contribution is -2.20. The van der Waals surface area contributed by atoms with E-state index in [1.54, 1.807) is 18.5 Å². The minimum Gasteiger partial charge on any atom is -0.338 e. The zero-order chi connectivity index (χ0) is 20.0. The van der Waals surface area contributed by atoms with Gasteiger partial charge in [0.25, 0.3) is 5.56 Å². The number of rotatable bonds is 4. The van der Waals surface area contributed by atoms with Crippen LogP contribution >= 0.6 is 23.1 Å². The van der Waals surface area contributed by atoms with Gasteiger partial charge in [0.1, 0.15) is 4.83 Å². The van der Waals surface area contributed by atoms with Gasteiger partial charge in [-0.2, -0.15) is 4.98 Å². The molecule has 0 saturated heterocycles. The quantitative estimate of drug-likeness (QED) is 0.353. The number of aryl methyl sites for hydroxylation is 3. The maximum absolute atomic E-state index is 13.1. The van der Waals surface area contributed by atoms with Crippen molar-refractivity contribution in [2.75, 3.05) is 0 Å². The first-order chi connectivity index (χ1) is 13.3. The molecule has 3 aromatic heterocycles. The van der Waals surface area contributed by atoms with Gasteiger partial charge in [0.2, 0.25) is 5.89 Å². The third kappa shape index (κ3) is 3.27. The molecule has 28 heavy (non-hydrogen) atoms. The van der Waals surface area contributed by atoms with Crippen LogP contribution in [0.25, 0.3) is 21.3 Å². The van der Waals surface area contributed by atoms with Gasteiger partial charge < -0.3 is 4.52 Å². The Hall–Kier alpha value is -2.45. The summed E-state index contributed by atoms with van der Waals surface area (Å²) in [6.45, 7) is 7.91. The molecule has 0 fully saturated rings. The highest BCUT2D eigenvalue weighted by atomic mass is 32.2. The summed E-state index contributed by atoms with van der Waals surface area (Å²) in [6.07, 6.45) is 0. The number of fused-ring (bicyclic) bond motifs is 1. The molecule has 8 heteroatoms. The predicted octanol–water partition coefficient (Wildman–Crippen LogP) is 4.82. The fourth-order valence-electron chi connectivity index (χ4n) is 2.97. The molecule has 0 radical (unpaired) electrons. The molecule has 4 rings (SSSR count). The van der Waals surface area contributed by atoms with Crippen LogP contribution in [0, 0.1) is 20.8 Å². The second-order valence-electron chi connectivity index (χ2n) is 6.83. The summed E-state index contributed by atoms with van der Waals surface area (Å²) in [4.78, 5) is 22.9. The smallest absolute Gasteiger partial charge is 0.263 e. The largest absolute Gasteiger partial charge is 0.338 e. The van der Waals surface area contributed by atoms with Gasteiger partial charge in [-0.15, -0.1) is 11.3 Å². The van der Waals surface area contributed by atoms with E-state index >= 15 is 0 Å². The van der Waals surface area contributed by atoms with E-state index in [0.29, 0.717) is 22.3 Å². The first-order valence-electron chi connectivity index (χ1n) is 8.88. The van der Waals surface area contributed by atoms with Crippen LogP contribution in [0.2, 0.25) is 0 Å². The summed E-state index contributed by atoms with van der Waals surface area (Å²) in [5.74, 6) is 1.12. The molecule has 0 spiro atoms. The second kappa shape index (κ2) is 7.18. The Morgan fingerprint density at radius 2 is 1.96 bits per heavy atom. The number of thiophene rings is 1. The summed E-state index contributed by atoms with van der Waals surface area (Å²) in [6, 6.07) is 6.27. The molecule has 144 valence electrons. The lowest BCUT2D eigenvalue weighted by atomic mass is 10.0. The number of hydrogen-bond donors (Lipinski definition) is 0. The lowest BCUT2D eigenvalue weighted by molar-refractivity contribution is 0.376. The van der Waals surface area contributed by atoms with Gasteiger partial charge in [-0.3, -0.25) is 9.36 Å². The second-order valence-corrected chi connectivity index (χ2v) is 8.99. The molecule has 0 aliphatic rings. The predicted molar refractivity (Wildman–Crippen MR) is 113 cm³/mol. The molecular formula is C20H20N4O2S2. The fourth-order valence-corrected chi connectivity index (χ4v) is 4.86. The number of benzene rings is 1. The molecule has 0 N–H and O–H groups in total. The summed E-state index contributed by atoms with van der Waals surface area (Å²) >= 11 is 2.93. The maximum atomic E-state index is 13.1. The van der Waals surface area contributed by atoms with Crippen LogP contribution in [0.15, 0.2) is 38.1 Å². The van der Waals surface area contributed by atoms with Crippen LogP contribution < -0.4 is 5.56 Å². The van der Waals surface area contributed by atoms with Crippen LogP contribution in [-0.2, 0) is 7.05 Å². The summed E-state index contributed by atoms with van der Waals surface area (Å²) in [7, 11) is 1.75. The minimum atomic E-state index is -0.101. The van der Waals surface area contributed by atoms with E-state index in [1.807, 2.05) is 12.3 Å². The Bertz CT molecular complexity index is 1240. The van der Waals surface area contributed by atoms with Gasteiger partial charge in [-0.05, 0) is 44.4 Å². The molecule has 0 aliphatic carbocycles. The van der Waals surface area contributed by atoms with Crippen molar-refractivity contribution < 1.29 is 4.52 Å². The van der Waals surface area contributed by atoms with E-state index in [0.717, 1.165) is 16.0 Å². The summed E-state index contributed by atoms with van der Waals surface area (Å²) in [5, 5.41) is 7.05. The monoisotopic (exact) mass is 412 g/mol. The van der Waals surface area contributed by atoms with Crippen molar-refractivity contribution in [3.8, 4) is 11.1 Å². The minimum absolute atomic E-state index is 0.0455. The van der Waals surface area contributed by atoms with Crippen molar-refractivity contribution in [2.45, 2.75) is 38.1 Å². The number of hydrogen-bond acceptors (Lipinski definition) is 7. The van der Waals surface area contributed by atoms with Crippen molar-refractivity contribution in [3.63, 3.8) is 0 Å². The highest BCUT2D eigenvalue weighted by molar-refractivity contribution is 7.99. The topological polar surface area (TPSA) is 73.8 Å². The van der Waals surface area contributed by atoms with E-state index in [9.17, 15) is 4.79 Å². The molecule has 4 aromatic rings. The molecule has 1 atom stereocenters. The van der Waals surface area contributed by atoms with Crippen molar-refractivity contribution >= 4 is 33.3 Å². The summed E-state index contributed by atoms with van der Waals surface area (Å²) < 4.78 is 6.85. The number of nitrogens with zero attached hydrogens (tertiary/aromatic N) is 4. The molecule has 0 saturated carbocycles. The van der Waals surface area contributed by atoms with Crippen LogP contribution in [0.3, 0.4) is 0 Å². The van der Waals surface area contributed by atoms with Crippen LogP contribution in [0.1, 0.15) is 35.0 Å². The zero-order valence-electron chi connectivity index (χ0n) is 16.3. The van der Waals surface area contributed by atoms with E-state index < -0.39 is 0 Å². The van der Waals surface area contributed by atoms with Crippen molar-refractivity contribution in [1.29, 1.82) is 0 Å². The molecule has 0 unspecified atom stereocenters. The van der Waals surface area contributed by atoms with Crippen LogP contribution in [-0.4, -0.2) is 19.7 Å². The highest BCUT2D eigenvalue weighted by Crippen LogP contribution is 2.36. The third-order valence-electron chi connectivity index (χ3n) is 4.77. The Labute approximate surface area is 170 Å². The standard InChI is InChI=1S/C20H20N4O2S2/c1-10-6-7-14(8-11(10)2)15-9-27-18-16(15)19(25)24(5)20(22-18)28-12(3)17-21-13(4)23-26-17/h6-9,12H,1-5H3/t12-/m1/s1. The Morgan fingerprint density at radius 1 is 1.18 bits per heavy atom. The average Bonchev–Trinajstić information content (AvgIpc) is 3.28. The van der Waals surface area contributed by atoms with E-state index in [2.05, 4.69) is 42.2 Å². The first kappa shape index (κ1) is 18.9. The molecule has 6 nitrogen and oxygen atoms in total. The van der Waals surface area contributed by atoms with Gasteiger partial charge >= 0.3 is 0 Å². The molecule has 1 aromatic carbocycles. The van der Waals surface area contributed by atoms with Gasteiger partial charge in [0.15, 0.2) is 11.0 Å². The third-order valence-corrected chi connectivity index (χ3v) is 6.77. The Kier molecular flexibility index (Phi) is 4.84. The van der Waals surface area contributed by atoms with Gasteiger partial charge in [0, 0.05) is 18.0 Å². The Morgan fingerprint density at radius 3 is 2.64 bits per heavy atom. The maximum Gasteiger partial charge on any atom is 0.263 e. The van der Waals surface area contributed by atoms with Crippen LogP contribution in [0.4, 0.5) is 0 Å². The Balaban J connectivity index is 1.77. The SMILES string of the molecule is Cc1noc([C@@H](C)Sc2nc3scc(-c4ccc(C)c(C)c4)c3c(=O)n2C)n1. The summed E-state index contributed by atoms with van der Waals surface area (Å²) in [5.41, 5.74) is 4.38. The molecule has 0 aliphatic heterocycles. The zero-order valence-corrected chi connectivity index (χ0v) is 17.9. The van der Waals surface area contributed by atoms with E-state index in [-0.39, 0.29) is 10.8 Å². The molecule has 3 heterocycles. The van der Waals surface area contributed by atoms with Gasteiger partial charge in [-0.1, -0.05) is 35.1 Å². The molecular weight excluding hydrogens is 392 g/mol. The van der Waals surface area contributed by atoms with E-state index in [4.69, 9.17) is 9.51 Å². The molecule has 0 bridgehead atoms. The lowest BCUT2D eigenvalue weighted by Gasteiger charge is -2.10. The van der Waals surface area contributed by atoms with Gasteiger partial charge in [-0.25, -0.2) is 4.98 Å². The normalized spacial score (nSPS) is 12.6. The number of aromatic nitrogens is 4. The molecule has 0 amide bonds. The fraction of sp³-hybridized carbons (Fsp3) is 0.300. The van der Waals surface area contributed by atoms with Crippen molar-refractivity contribution in [3.05, 3.63) is 56.8 Å². The highest BCUT2D eigenvalue weighted by Gasteiger charge is 2.20. The van der Waals surface area contributed by atoms with E-state index in [1.165, 1.54) is 34.2 Å². The van der Waals surface area contributed by atoms with Crippen molar-refractivity contribution in [2.24, 2.45) is 7.05 Å². The van der Waals surface area contributed by atoms with Gasteiger partial charge in [0.05, 0.1) is 10.6 Å². The average molecular weight is 413 g/mol. The van der Waals surface area contributed by atoms with Crippen molar-refractivity contribution in [1.82, 2.24) is 19.7 Å².